The standard InChI is InChI=1S/C45H29N5/c1-4-14-30(15-5-1)38-29-42(48-45(47-38)31-16-6-2-7-17-31)50-40-26-25-32(28-37(40)43-41(50)24-13-27-46-43)34-21-12-22-36-35-20-10-11-23-39(35)49(44(34)36)33-18-8-3-9-19-33/h1-29H. The van der Waals surface area contributed by atoms with E-state index in [0.29, 0.717) is 5.82 Å². The van der Waals surface area contributed by atoms with Crippen LogP contribution in [0.15, 0.2) is 176 Å². The van der Waals surface area contributed by atoms with E-state index in [9.17, 15) is 0 Å². The molecule has 10 aromatic rings. The molecular weight excluding hydrogens is 611 g/mol. The zero-order valence-electron chi connectivity index (χ0n) is 27.0. The summed E-state index contributed by atoms with van der Waals surface area (Å²) in [5.74, 6) is 1.47. The summed E-state index contributed by atoms with van der Waals surface area (Å²) in [5.41, 5.74) is 11.6. The van der Waals surface area contributed by atoms with Crippen LogP contribution in [0.1, 0.15) is 0 Å². The van der Waals surface area contributed by atoms with Gasteiger partial charge >= 0.3 is 0 Å². The number of hydrogen-bond acceptors (Lipinski definition) is 3. The highest BCUT2D eigenvalue weighted by molar-refractivity contribution is 6.15. The Morgan fingerprint density at radius 3 is 1.92 bits per heavy atom. The lowest BCUT2D eigenvalue weighted by Crippen LogP contribution is -2.02. The number of fused-ring (bicyclic) bond motifs is 6. The number of hydrogen-bond donors (Lipinski definition) is 0. The van der Waals surface area contributed by atoms with Crippen molar-refractivity contribution in [3.05, 3.63) is 176 Å². The lowest BCUT2D eigenvalue weighted by atomic mass is 10.0. The molecule has 5 nitrogen and oxygen atoms in total. The quantitative estimate of drug-likeness (QED) is 0.188. The van der Waals surface area contributed by atoms with Gasteiger partial charge in [0.05, 0.1) is 33.3 Å². The molecule has 0 saturated heterocycles. The molecule has 0 amide bonds. The minimum Gasteiger partial charge on any atom is -0.309 e. The molecule has 0 aliphatic heterocycles. The van der Waals surface area contributed by atoms with Crippen molar-refractivity contribution in [1.82, 2.24) is 24.1 Å². The second-order valence-electron chi connectivity index (χ2n) is 12.5. The van der Waals surface area contributed by atoms with Crippen LogP contribution in [-0.2, 0) is 0 Å². The van der Waals surface area contributed by atoms with Crippen LogP contribution in [0.3, 0.4) is 0 Å². The zero-order chi connectivity index (χ0) is 33.0. The summed E-state index contributed by atoms with van der Waals surface area (Å²) >= 11 is 0. The van der Waals surface area contributed by atoms with Gasteiger partial charge in [-0.1, -0.05) is 121 Å². The third-order valence-electron chi connectivity index (χ3n) is 9.58. The van der Waals surface area contributed by atoms with Crippen molar-refractivity contribution in [3.63, 3.8) is 0 Å². The van der Waals surface area contributed by atoms with Gasteiger partial charge in [0.15, 0.2) is 5.82 Å². The SMILES string of the molecule is c1ccc(-c2cc(-n3c4ccc(-c5cccc6c7ccccc7n(-c7ccccc7)c56)cc4c4ncccc43)nc(-c3ccccc3)n2)cc1. The van der Waals surface area contributed by atoms with E-state index in [0.717, 1.165) is 55.8 Å². The van der Waals surface area contributed by atoms with Crippen LogP contribution in [-0.4, -0.2) is 24.1 Å². The van der Waals surface area contributed by atoms with Crippen molar-refractivity contribution in [3.8, 4) is 45.3 Å². The first kappa shape index (κ1) is 28.2. The normalized spacial score (nSPS) is 11.6. The van der Waals surface area contributed by atoms with Crippen LogP contribution in [0, 0.1) is 0 Å². The Labute approximate surface area is 288 Å². The lowest BCUT2D eigenvalue weighted by Gasteiger charge is -2.13. The summed E-state index contributed by atoms with van der Waals surface area (Å²) in [5, 5.41) is 3.53. The highest BCUT2D eigenvalue weighted by atomic mass is 15.1. The summed E-state index contributed by atoms with van der Waals surface area (Å²) in [6.45, 7) is 0. The maximum Gasteiger partial charge on any atom is 0.162 e. The summed E-state index contributed by atoms with van der Waals surface area (Å²) in [6, 6.07) is 59.4. The van der Waals surface area contributed by atoms with Gasteiger partial charge in [-0.25, -0.2) is 9.97 Å². The molecule has 0 spiro atoms. The van der Waals surface area contributed by atoms with Gasteiger partial charge in [-0.05, 0) is 48.0 Å². The van der Waals surface area contributed by atoms with E-state index in [2.05, 4.69) is 137 Å². The third-order valence-corrected chi connectivity index (χ3v) is 9.58. The predicted molar refractivity (Wildman–Crippen MR) is 205 cm³/mol. The average Bonchev–Trinajstić information content (AvgIpc) is 3.71. The predicted octanol–water partition coefficient (Wildman–Crippen LogP) is 11.1. The largest absolute Gasteiger partial charge is 0.309 e. The Kier molecular flexibility index (Phi) is 6.42. The number of benzene rings is 6. The van der Waals surface area contributed by atoms with Crippen molar-refractivity contribution in [1.29, 1.82) is 0 Å². The molecule has 4 heterocycles. The molecule has 50 heavy (non-hydrogen) atoms. The summed E-state index contributed by atoms with van der Waals surface area (Å²) in [6.07, 6.45) is 1.87. The third kappa shape index (κ3) is 4.45. The van der Waals surface area contributed by atoms with Crippen LogP contribution in [0.5, 0.6) is 0 Å². The lowest BCUT2D eigenvalue weighted by molar-refractivity contribution is 1.05. The number of para-hydroxylation sites is 3. The summed E-state index contributed by atoms with van der Waals surface area (Å²) in [7, 11) is 0. The van der Waals surface area contributed by atoms with Gasteiger partial charge in [0.25, 0.3) is 0 Å². The second-order valence-corrected chi connectivity index (χ2v) is 12.5. The number of aromatic nitrogens is 5. The Morgan fingerprint density at radius 2 is 1.10 bits per heavy atom. The van der Waals surface area contributed by atoms with Crippen molar-refractivity contribution in [2.24, 2.45) is 0 Å². The van der Waals surface area contributed by atoms with Gasteiger partial charge in [0, 0.05) is 50.8 Å². The van der Waals surface area contributed by atoms with E-state index in [1.807, 2.05) is 48.7 Å². The number of pyridine rings is 1. The van der Waals surface area contributed by atoms with Crippen LogP contribution in [0.4, 0.5) is 0 Å². The topological polar surface area (TPSA) is 48.5 Å². The monoisotopic (exact) mass is 639 g/mol. The molecule has 0 unspecified atom stereocenters. The van der Waals surface area contributed by atoms with Gasteiger partial charge in [0.2, 0.25) is 0 Å². The van der Waals surface area contributed by atoms with Gasteiger partial charge in [-0.2, -0.15) is 0 Å². The van der Waals surface area contributed by atoms with E-state index >= 15 is 0 Å². The van der Waals surface area contributed by atoms with E-state index in [1.54, 1.807) is 0 Å². The number of nitrogens with zero attached hydrogens (tertiary/aromatic N) is 5. The molecule has 0 radical (unpaired) electrons. The van der Waals surface area contributed by atoms with E-state index in [1.165, 1.54) is 27.4 Å². The first-order valence-electron chi connectivity index (χ1n) is 16.8. The fourth-order valence-electron chi connectivity index (χ4n) is 7.37. The fourth-order valence-corrected chi connectivity index (χ4v) is 7.37. The van der Waals surface area contributed by atoms with Gasteiger partial charge in [-0.15, -0.1) is 0 Å². The minimum absolute atomic E-state index is 0.679. The molecule has 4 aromatic heterocycles. The second kappa shape index (κ2) is 11.4. The molecule has 0 aliphatic carbocycles. The molecule has 234 valence electrons. The maximum atomic E-state index is 5.18. The van der Waals surface area contributed by atoms with Gasteiger partial charge in [0.1, 0.15) is 5.82 Å². The average molecular weight is 640 g/mol. The Bertz CT molecular complexity index is 2800. The Morgan fingerprint density at radius 1 is 0.420 bits per heavy atom. The van der Waals surface area contributed by atoms with Crippen LogP contribution in [0.25, 0.3) is 89.0 Å². The van der Waals surface area contributed by atoms with Crippen LogP contribution < -0.4 is 0 Å². The fraction of sp³-hybridized carbons (Fsp3) is 0. The molecule has 0 N–H and O–H groups in total. The van der Waals surface area contributed by atoms with Crippen molar-refractivity contribution < 1.29 is 0 Å². The van der Waals surface area contributed by atoms with Gasteiger partial charge in [-0.3, -0.25) is 9.55 Å². The molecule has 0 saturated carbocycles. The summed E-state index contributed by atoms with van der Waals surface area (Å²) in [4.78, 5) is 15.2. The maximum absolute atomic E-state index is 5.18. The molecular formula is C45H29N5. The Balaban J connectivity index is 1.23. The smallest absolute Gasteiger partial charge is 0.162 e. The molecule has 10 rings (SSSR count). The molecule has 6 aromatic carbocycles. The highest BCUT2D eigenvalue weighted by Gasteiger charge is 2.20. The van der Waals surface area contributed by atoms with Crippen LogP contribution in [0.2, 0.25) is 0 Å². The molecule has 0 aliphatic rings. The molecule has 0 fully saturated rings. The Hall–Kier alpha value is -6.85. The minimum atomic E-state index is 0.679. The molecule has 0 bridgehead atoms. The van der Waals surface area contributed by atoms with Crippen molar-refractivity contribution in [2.75, 3.05) is 0 Å². The van der Waals surface area contributed by atoms with Crippen molar-refractivity contribution >= 4 is 43.7 Å². The van der Waals surface area contributed by atoms with E-state index in [4.69, 9.17) is 15.0 Å². The van der Waals surface area contributed by atoms with Gasteiger partial charge < -0.3 is 4.57 Å². The van der Waals surface area contributed by atoms with Crippen LogP contribution >= 0.6 is 0 Å². The first-order valence-corrected chi connectivity index (χ1v) is 16.8. The van der Waals surface area contributed by atoms with Crippen molar-refractivity contribution in [2.45, 2.75) is 0 Å². The first-order chi connectivity index (χ1) is 24.8. The van der Waals surface area contributed by atoms with E-state index in [-0.39, 0.29) is 0 Å². The van der Waals surface area contributed by atoms with E-state index < -0.39 is 0 Å². The highest BCUT2D eigenvalue weighted by Crippen LogP contribution is 2.40. The molecule has 5 heteroatoms. The zero-order valence-corrected chi connectivity index (χ0v) is 27.0. The number of rotatable bonds is 5. The summed E-state index contributed by atoms with van der Waals surface area (Å²) < 4.78 is 4.62. The molecule has 0 atom stereocenters.